The van der Waals surface area contributed by atoms with Gasteiger partial charge in [-0.15, -0.1) is 0 Å². The minimum Gasteiger partial charge on any atom is -0.337 e. The quantitative estimate of drug-likeness (QED) is 0.686. The molecule has 8 nitrogen and oxygen atoms in total. The number of nitrogens with zero attached hydrogens (tertiary/aromatic N) is 6. The Bertz CT molecular complexity index is 1030. The second kappa shape index (κ2) is 7.75. The molecule has 144 valence electrons. The first kappa shape index (κ1) is 18.1. The van der Waals surface area contributed by atoms with Crippen molar-refractivity contribution in [1.82, 2.24) is 29.2 Å². The lowest BCUT2D eigenvalue weighted by atomic mass is 9.96. The highest BCUT2D eigenvalue weighted by molar-refractivity contribution is 5.92. The number of pyridine rings is 1. The molecular formula is C20H22N6O2. The van der Waals surface area contributed by atoms with Crippen LogP contribution >= 0.6 is 0 Å². The molecule has 1 fully saturated rings. The maximum Gasteiger partial charge on any atom is 0.274 e. The van der Waals surface area contributed by atoms with E-state index in [1.807, 2.05) is 29.4 Å². The second-order valence-corrected chi connectivity index (χ2v) is 7.04. The van der Waals surface area contributed by atoms with Crippen molar-refractivity contribution in [2.24, 2.45) is 7.05 Å². The molecule has 0 aromatic carbocycles. The summed E-state index contributed by atoms with van der Waals surface area (Å²) in [7, 11) is 1.55. The summed E-state index contributed by atoms with van der Waals surface area (Å²) in [6.45, 7) is 2.01. The monoisotopic (exact) mass is 378 g/mol. The fraction of sp³-hybridized carbons (Fsp3) is 0.350. The standard InChI is InChI=1S/C20H22N6O2/c1-24-18(27)5-4-17(23-24)20(28)26-11-2-3-16(14-26)19-22-10-12-25(19)13-15-6-8-21-9-7-15/h4-10,12,16H,2-3,11,13-14H2,1H3/t16-/m1/s1. The lowest BCUT2D eigenvalue weighted by Gasteiger charge is -2.32. The Balaban J connectivity index is 1.51. The van der Waals surface area contributed by atoms with E-state index in [0.29, 0.717) is 18.8 Å². The Morgan fingerprint density at radius 3 is 2.79 bits per heavy atom. The summed E-state index contributed by atoms with van der Waals surface area (Å²) >= 11 is 0. The largest absolute Gasteiger partial charge is 0.337 e. The number of hydrogen-bond acceptors (Lipinski definition) is 5. The SMILES string of the molecule is Cn1nc(C(=O)N2CCC[C@@H](c3nccn3Cc3ccncc3)C2)ccc1=O. The number of carbonyl (C=O) groups is 1. The zero-order chi connectivity index (χ0) is 19.5. The summed E-state index contributed by atoms with van der Waals surface area (Å²) in [6, 6.07) is 6.86. The molecule has 28 heavy (non-hydrogen) atoms. The third-order valence-electron chi connectivity index (χ3n) is 5.10. The molecule has 4 rings (SSSR count). The van der Waals surface area contributed by atoms with Crippen molar-refractivity contribution < 1.29 is 4.79 Å². The zero-order valence-corrected chi connectivity index (χ0v) is 15.7. The normalized spacial score (nSPS) is 16.9. The van der Waals surface area contributed by atoms with Gasteiger partial charge in [0.15, 0.2) is 0 Å². The van der Waals surface area contributed by atoms with E-state index in [1.165, 1.54) is 16.8 Å². The summed E-state index contributed by atoms with van der Waals surface area (Å²) in [5, 5.41) is 4.10. The van der Waals surface area contributed by atoms with Crippen molar-refractivity contribution in [2.45, 2.75) is 25.3 Å². The van der Waals surface area contributed by atoms with Crippen molar-refractivity contribution in [3.8, 4) is 0 Å². The smallest absolute Gasteiger partial charge is 0.274 e. The van der Waals surface area contributed by atoms with Gasteiger partial charge in [0.1, 0.15) is 11.5 Å². The van der Waals surface area contributed by atoms with Crippen LogP contribution in [0.3, 0.4) is 0 Å². The highest BCUT2D eigenvalue weighted by Crippen LogP contribution is 2.27. The maximum absolute atomic E-state index is 12.9. The van der Waals surface area contributed by atoms with Crippen molar-refractivity contribution in [3.05, 3.63) is 76.5 Å². The van der Waals surface area contributed by atoms with Gasteiger partial charge in [-0.25, -0.2) is 9.67 Å². The topological polar surface area (TPSA) is 85.9 Å². The third-order valence-corrected chi connectivity index (χ3v) is 5.10. The van der Waals surface area contributed by atoms with E-state index in [-0.39, 0.29) is 17.4 Å². The number of carbonyl (C=O) groups excluding carboxylic acids is 1. The lowest BCUT2D eigenvalue weighted by Crippen LogP contribution is -2.40. The summed E-state index contributed by atoms with van der Waals surface area (Å²) < 4.78 is 3.33. The molecule has 0 bridgehead atoms. The van der Waals surface area contributed by atoms with Crippen LogP contribution in [0.25, 0.3) is 0 Å². The minimum absolute atomic E-state index is 0.146. The number of imidazole rings is 1. The summed E-state index contributed by atoms with van der Waals surface area (Å²) in [5.74, 6) is 1.01. The fourth-order valence-corrected chi connectivity index (χ4v) is 3.65. The molecule has 1 saturated heterocycles. The number of amides is 1. The first-order valence-corrected chi connectivity index (χ1v) is 9.35. The highest BCUT2D eigenvalue weighted by Gasteiger charge is 2.28. The first-order valence-electron chi connectivity index (χ1n) is 9.35. The Kier molecular flexibility index (Phi) is 5.01. The summed E-state index contributed by atoms with van der Waals surface area (Å²) in [4.78, 5) is 34.8. The van der Waals surface area contributed by atoms with Gasteiger partial charge in [0.05, 0.1) is 0 Å². The number of aryl methyl sites for hydroxylation is 1. The summed E-state index contributed by atoms with van der Waals surface area (Å²) in [5.41, 5.74) is 1.22. The molecule has 0 radical (unpaired) electrons. The molecule has 0 N–H and O–H groups in total. The van der Waals surface area contributed by atoms with Crippen LogP contribution in [0.5, 0.6) is 0 Å². The number of piperidine rings is 1. The van der Waals surface area contributed by atoms with Crippen LogP contribution in [0.1, 0.15) is 40.6 Å². The minimum atomic E-state index is -0.230. The van der Waals surface area contributed by atoms with Crippen molar-refractivity contribution in [2.75, 3.05) is 13.1 Å². The molecule has 1 amide bonds. The van der Waals surface area contributed by atoms with Gasteiger partial charge in [-0.2, -0.15) is 5.10 Å². The van der Waals surface area contributed by atoms with E-state index < -0.39 is 0 Å². The molecule has 0 aliphatic carbocycles. The average molecular weight is 378 g/mol. The lowest BCUT2D eigenvalue weighted by molar-refractivity contribution is 0.0694. The van der Waals surface area contributed by atoms with Gasteiger partial charge >= 0.3 is 0 Å². The molecule has 8 heteroatoms. The molecule has 1 aliphatic heterocycles. The van der Waals surface area contributed by atoms with Crippen molar-refractivity contribution in [1.29, 1.82) is 0 Å². The predicted octanol–water partition coefficient (Wildman–Crippen LogP) is 1.44. The van der Waals surface area contributed by atoms with Crippen molar-refractivity contribution in [3.63, 3.8) is 0 Å². The van der Waals surface area contributed by atoms with Crippen molar-refractivity contribution >= 4 is 5.91 Å². The first-order chi connectivity index (χ1) is 13.6. The van der Waals surface area contributed by atoms with Gasteiger partial charge in [0.2, 0.25) is 0 Å². The van der Waals surface area contributed by atoms with Gasteiger partial charge in [-0.05, 0) is 36.6 Å². The van der Waals surface area contributed by atoms with Crippen LogP contribution in [-0.2, 0) is 13.6 Å². The molecular weight excluding hydrogens is 356 g/mol. The number of rotatable bonds is 4. The molecule has 0 unspecified atom stereocenters. The van der Waals surface area contributed by atoms with Gasteiger partial charge in [0, 0.05) is 63.5 Å². The molecule has 3 aromatic heterocycles. The molecule has 1 atom stereocenters. The van der Waals surface area contributed by atoms with Crippen LogP contribution in [-0.4, -0.2) is 48.2 Å². The Morgan fingerprint density at radius 1 is 1.18 bits per heavy atom. The highest BCUT2D eigenvalue weighted by atomic mass is 16.2. The van der Waals surface area contributed by atoms with E-state index in [9.17, 15) is 9.59 Å². The Morgan fingerprint density at radius 2 is 2.00 bits per heavy atom. The molecule has 3 aromatic rings. The van der Waals surface area contributed by atoms with Gasteiger partial charge in [0.25, 0.3) is 11.5 Å². The molecule has 4 heterocycles. The van der Waals surface area contributed by atoms with E-state index in [4.69, 9.17) is 0 Å². The van der Waals surface area contributed by atoms with Crippen LogP contribution in [0.4, 0.5) is 0 Å². The van der Waals surface area contributed by atoms with Crippen LogP contribution in [0.15, 0.2) is 53.8 Å². The zero-order valence-electron chi connectivity index (χ0n) is 15.7. The van der Waals surface area contributed by atoms with E-state index in [2.05, 4.69) is 19.6 Å². The van der Waals surface area contributed by atoms with Gasteiger partial charge in [-0.3, -0.25) is 14.6 Å². The molecule has 0 spiro atoms. The van der Waals surface area contributed by atoms with E-state index in [0.717, 1.165) is 30.8 Å². The number of hydrogen-bond donors (Lipinski definition) is 0. The molecule has 0 saturated carbocycles. The average Bonchev–Trinajstić information content (AvgIpc) is 3.18. The summed E-state index contributed by atoms with van der Waals surface area (Å²) in [6.07, 6.45) is 9.25. The second-order valence-electron chi connectivity index (χ2n) is 7.04. The van der Waals surface area contributed by atoms with Crippen LogP contribution in [0, 0.1) is 0 Å². The van der Waals surface area contributed by atoms with Gasteiger partial charge in [-0.1, -0.05) is 0 Å². The Hall–Kier alpha value is -3.29. The maximum atomic E-state index is 12.9. The number of likely N-dealkylation sites (tertiary alicyclic amines) is 1. The van der Waals surface area contributed by atoms with Gasteiger partial charge < -0.3 is 9.47 Å². The van der Waals surface area contributed by atoms with Crippen LogP contribution < -0.4 is 5.56 Å². The predicted molar refractivity (Wildman–Crippen MR) is 103 cm³/mol. The third kappa shape index (κ3) is 3.71. The molecule has 1 aliphatic rings. The van der Waals surface area contributed by atoms with E-state index >= 15 is 0 Å². The number of aromatic nitrogens is 5. The fourth-order valence-electron chi connectivity index (χ4n) is 3.65. The Labute approximate surface area is 162 Å². The van der Waals surface area contributed by atoms with Crippen LogP contribution in [0.2, 0.25) is 0 Å². The van der Waals surface area contributed by atoms with E-state index in [1.54, 1.807) is 19.4 Å².